The van der Waals surface area contributed by atoms with E-state index in [2.05, 4.69) is 18.8 Å². The van der Waals surface area contributed by atoms with E-state index in [0.29, 0.717) is 13.2 Å². The summed E-state index contributed by atoms with van der Waals surface area (Å²) in [6, 6.07) is 0. The van der Waals surface area contributed by atoms with E-state index in [1.165, 1.54) is 0 Å². The molecule has 1 heterocycles. The van der Waals surface area contributed by atoms with Gasteiger partial charge >= 0.3 is 0 Å². The van der Waals surface area contributed by atoms with Crippen LogP contribution in [0.5, 0.6) is 0 Å². The van der Waals surface area contributed by atoms with E-state index in [-0.39, 0.29) is 5.41 Å². The summed E-state index contributed by atoms with van der Waals surface area (Å²) in [5.74, 6) is 4.65. The highest BCUT2D eigenvalue weighted by Crippen LogP contribution is 2.32. The highest BCUT2D eigenvalue weighted by atomic mass is 32.2. The summed E-state index contributed by atoms with van der Waals surface area (Å²) in [5.41, 5.74) is -0.126. The molecule has 0 bridgehead atoms. The zero-order valence-electron chi connectivity index (χ0n) is 13.6. The molecule has 0 aliphatic carbocycles. The van der Waals surface area contributed by atoms with Crippen molar-refractivity contribution >= 4 is 10.1 Å². The molecule has 1 rings (SSSR count). The molecule has 1 saturated heterocycles. The molecule has 122 valence electrons. The van der Waals surface area contributed by atoms with Crippen molar-refractivity contribution in [2.45, 2.75) is 58.8 Å². The quantitative estimate of drug-likeness (QED) is 0.442. The molecule has 0 N–H and O–H groups in total. The first-order valence-corrected chi connectivity index (χ1v) is 9.08. The Morgan fingerprint density at radius 1 is 1.29 bits per heavy atom. The fourth-order valence-electron chi connectivity index (χ4n) is 1.87. The lowest BCUT2D eigenvalue weighted by atomic mass is 9.94. The molecule has 0 amide bonds. The van der Waals surface area contributed by atoms with E-state index in [0.717, 1.165) is 25.5 Å². The third kappa shape index (κ3) is 5.95. The van der Waals surface area contributed by atoms with Gasteiger partial charge in [0.05, 0.1) is 19.5 Å². The van der Waals surface area contributed by atoms with E-state index in [1.54, 1.807) is 6.92 Å². The number of rotatable bonds is 5. The number of hydrogen-bond donors (Lipinski definition) is 0. The van der Waals surface area contributed by atoms with Gasteiger partial charge in [0, 0.05) is 11.8 Å². The van der Waals surface area contributed by atoms with Crippen molar-refractivity contribution in [3.63, 3.8) is 0 Å². The molecule has 5 nitrogen and oxygen atoms in total. The molecule has 0 saturated carbocycles. The van der Waals surface area contributed by atoms with Gasteiger partial charge in [0.1, 0.15) is 6.10 Å². The highest BCUT2D eigenvalue weighted by Gasteiger charge is 2.46. The maximum Gasteiger partial charge on any atom is 0.264 e. The lowest BCUT2D eigenvalue weighted by Gasteiger charge is -2.42. The Kier molecular flexibility index (Phi) is 6.23. The first-order valence-electron chi connectivity index (χ1n) is 7.26. The van der Waals surface area contributed by atoms with Gasteiger partial charge in [0.15, 0.2) is 0 Å². The normalized spacial score (nSPS) is 22.1. The van der Waals surface area contributed by atoms with Gasteiger partial charge in [-0.1, -0.05) is 33.1 Å². The van der Waals surface area contributed by atoms with Gasteiger partial charge in [-0.25, -0.2) is 0 Å². The lowest BCUT2D eigenvalue weighted by Crippen LogP contribution is -2.54. The molecule has 0 radical (unpaired) electrons. The second-order valence-corrected chi connectivity index (χ2v) is 7.86. The van der Waals surface area contributed by atoms with Crippen molar-refractivity contribution in [3.8, 4) is 11.8 Å². The number of ether oxygens (including phenoxy) is 2. The Bertz CT molecular complexity index is 488. The Morgan fingerprint density at radius 3 is 2.33 bits per heavy atom. The van der Waals surface area contributed by atoms with E-state index < -0.39 is 22.0 Å². The van der Waals surface area contributed by atoms with E-state index in [1.807, 2.05) is 13.8 Å². The zero-order chi connectivity index (χ0) is 16.1. The predicted molar refractivity (Wildman–Crippen MR) is 81.1 cm³/mol. The van der Waals surface area contributed by atoms with Crippen LogP contribution in [0.4, 0.5) is 0 Å². The molecule has 0 aromatic heterocycles. The maximum absolute atomic E-state index is 11.3. The third-order valence-corrected chi connectivity index (χ3v) is 3.77. The summed E-state index contributed by atoms with van der Waals surface area (Å²) >= 11 is 0. The summed E-state index contributed by atoms with van der Waals surface area (Å²) in [5, 5.41) is 0. The summed E-state index contributed by atoms with van der Waals surface area (Å²) in [7, 11) is -3.60. The van der Waals surface area contributed by atoms with Crippen LogP contribution in [0.15, 0.2) is 0 Å². The molecule has 0 spiro atoms. The smallest absolute Gasteiger partial charge is 0.264 e. The number of hydrogen-bond acceptors (Lipinski definition) is 5. The Labute approximate surface area is 128 Å². The topological polar surface area (TPSA) is 61.8 Å². The first kappa shape index (κ1) is 18.4. The van der Waals surface area contributed by atoms with Crippen LogP contribution in [0.2, 0.25) is 0 Å². The predicted octanol–water partition coefficient (Wildman–Crippen LogP) is 2.31. The average molecular weight is 318 g/mol. The van der Waals surface area contributed by atoms with Gasteiger partial charge in [-0.05, 0) is 19.3 Å². The molecule has 21 heavy (non-hydrogen) atoms. The first-order chi connectivity index (χ1) is 9.60. The van der Waals surface area contributed by atoms with Crippen LogP contribution in [0, 0.1) is 17.3 Å². The van der Waals surface area contributed by atoms with Crippen molar-refractivity contribution in [3.05, 3.63) is 0 Å². The van der Waals surface area contributed by atoms with Gasteiger partial charge < -0.3 is 9.47 Å². The number of unbranched alkanes of at least 4 members (excludes halogenated alkanes) is 2. The Balaban J connectivity index is 2.91. The van der Waals surface area contributed by atoms with Gasteiger partial charge in [0.25, 0.3) is 15.9 Å². The molecule has 6 heteroatoms. The van der Waals surface area contributed by atoms with Crippen LogP contribution < -0.4 is 0 Å². The minimum atomic E-state index is -3.60. The van der Waals surface area contributed by atoms with Crippen LogP contribution in [0.3, 0.4) is 0 Å². The molecule has 0 aromatic rings. The van der Waals surface area contributed by atoms with Crippen LogP contribution in [0.25, 0.3) is 0 Å². The van der Waals surface area contributed by atoms with Gasteiger partial charge in [0.2, 0.25) is 0 Å². The molecule has 0 aromatic carbocycles. The van der Waals surface area contributed by atoms with Crippen molar-refractivity contribution in [2.24, 2.45) is 5.41 Å². The SMILES string of the molecule is CCCCC#CC1([C@@H](C)OS(C)(=O)=O)OCC(C)(C)CO1. The standard InChI is InChI=1S/C15H26O5S/c1-6-7-8-9-10-15(13(2)20-21(5,16)17)18-11-14(3,4)12-19-15/h13H,6-8,11-12H2,1-5H3/t13-/m1/s1. The molecular weight excluding hydrogens is 292 g/mol. The molecule has 1 aliphatic heterocycles. The van der Waals surface area contributed by atoms with Gasteiger partial charge in [-0.3, -0.25) is 4.18 Å². The zero-order valence-corrected chi connectivity index (χ0v) is 14.4. The molecule has 1 atom stereocenters. The molecule has 1 fully saturated rings. The van der Waals surface area contributed by atoms with Crippen molar-refractivity contribution in [1.82, 2.24) is 0 Å². The summed E-state index contributed by atoms with van der Waals surface area (Å²) < 4.78 is 39.3. The third-order valence-electron chi connectivity index (χ3n) is 3.13. The minimum Gasteiger partial charge on any atom is -0.337 e. The minimum absolute atomic E-state index is 0.126. The van der Waals surface area contributed by atoms with Crippen LogP contribution in [-0.2, 0) is 23.8 Å². The van der Waals surface area contributed by atoms with Gasteiger partial charge in [-0.15, -0.1) is 0 Å². The highest BCUT2D eigenvalue weighted by molar-refractivity contribution is 7.86. The average Bonchev–Trinajstić information content (AvgIpc) is 2.34. The second-order valence-electron chi connectivity index (χ2n) is 6.26. The lowest BCUT2D eigenvalue weighted by molar-refractivity contribution is -0.293. The molecular formula is C15H26O5S. The summed E-state index contributed by atoms with van der Waals surface area (Å²) in [6.07, 6.45) is 2.94. The van der Waals surface area contributed by atoms with E-state index >= 15 is 0 Å². The fourth-order valence-corrected chi connectivity index (χ4v) is 2.52. The maximum atomic E-state index is 11.3. The molecule has 0 unspecified atom stereocenters. The summed E-state index contributed by atoms with van der Waals surface area (Å²) in [4.78, 5) is 0. The van der Waals surface area contributed by atoms with Crippen molar-refractivity contribution in [1.29, 1.82) is 0 Å². The van der Waals surface area contributed by atoms with Crippen LogP contribution in [0.1, 0.15) is 47.0 Å². The van der Waals surface area contributed by atoms with E-state index in [4.69, 9.17) is 13.7 Å². The Hall–Kier alpha value is -0.610. The van der Waals surface area contributed by atoms with Gasteiger partial charge in [-0.2, -0.15) is 8.42 Å². The molecule has 1 aliphatic rings. The fraction of sp³-hybridized carbons (Fsp3) is 0.867. The van der Waals surface area contributed by atoms with Crippen LogP contribution >= 0.6 is 0 Å². The van der Waals surface area contributed by atoms with Crippen LogP contribution in [-0.4, -0.2) is 39.8 Å². The second kappa shape index (κ2) is 7.10. The van der Waals surface area contributed by atoms with Crippen molar-refractivity contribution in [2.75, 3.05) is 19.5 Å². The largest absolute Gasteiger partial charge is 0.337 e. The van der Waals surface area contributed by atoms with Crippen molar-refractivity contribution < 1.29 is 22.1 Å². The summed E-state index contributed by atoms with van der Waals surface area (Å²) in [6.45, 7) is 8.60. The van der Waals surface area contributed by atoms with E-state index in [9.17, 15) is 8.42 Å². The Morgan fingerprint density at radius 2 is 1.86 bits per heavy atom. The monoisotopic (exact) mass is 318 g/mol.